The van der Waals surface area contributed by atoms with Gasteiger partial charge in [-0.05, 0) is 38.1 Å². The van der Waals surface area contributed by atoms with E-state index >= 15 is 0 Å². The molecule has 0 unspecified atom stereocenters. The lowest BCUT2D eigenvalue weighted by molar-refractivity contribution is -0.133. The van der Waals surface area contributed by atoms with Gasteiger partial charge >= 0.3 is 0 Å². The molecule has 1 N–H and O–H groups in total. The Bertz CT molecular complexity index is 515. The van der Waals surface area contributed by atoms with Crippen LogP contribution in [0.15, 0.2) is 18.3 Å². The number of amides is 2. The second-order valence-electron chi connectivity index (χ2n) is 6.41. The van der Waals surface area contributed by atoms with E-state index in [1.54, 1.807) is 12.3 Å². The van der Waals surface area contributed by atoms with Crippen LogP contribution < -0.4 is 0 Å². The fraction of sp³-hybridized carbons (Fsp3) is 0.647. The molecule has 2 aliphatic rings. The van der Waals surface area contributed by atoms with Crippen molar-refractivity contribution in [3.05, 3.63) is 24.0 Å². The molecule has 1 aromatic rings. The Hall–Kier alpha value is -1.82. The van der Waals surface area contributed by atoms with Gasteiger partial charge in [-0.15, -0.1) is 0 Å². The summed E-state index contributed by atoms with van der Waals surface area (Å²) in [5.74, 6) is 0.248. The third-order valence-corrected chi connectivity index (χ3v) is 4.84. The maximum Gasteiger partial charge on any atom is 0.270 e. The molecular formula is C17H26N4O2. The second-order valence-corrected chi connectivity index (χ2v) is 6.41. The summed E-state index contributed by atoms with van der Waals surface area (Å²) in [4.78, 5) is 33.7. The fourth-order valence-corrected chi connectivity index (χ4v) is 3.39. The predicted octanol–water partition coefficient (Wildman–Crippen LogP) is 1.18. The highest BCUT2D eigenvalue weighted by Crippen LogP contribution is 2.11. The van der Waals surface area contributed by atoms with Crippen LogP contribution in [0.3, 0.4) is 0 Å². The van der Waals surface area contributed by atoms with Crippen LogP contribution in [-0.4, -0.2) is 77.3 Å². The van der Waals surface area contributed by atoms with Crippen molar-refractivity contribution in [2.24, 2.45) is 0 Å². The SMILES string of the molecule is O=C(CCN1CCCCC1)N1CCN(C(=O)c2ccc[nH]2)CC1. The molecule has 1 aromatic heterocycles. The monoisotopic (exact) mass is 318 g/mol. The molecule has 126 valence electrons. The molecule has 0 spiro atoms. The molecule has 2 fully saturated rings. The lowest BCUT2D eigenvalue weighted by Crippen LogP contribution is -2.51. The van der Waals surface area contributed by atoms with E-state index in [2.05, 4.69) is 9.88 Å². The topological polar surface area (TPSA) is 59.7 Å². The number of rotatable bonds is 4. The van der Waals surface area contributed by atoms with Gasteiger partial charge in [0.1, 0.15) is 5.69 Å². The highest BCUT2D eigenvalue weighted by molar-refractivity contribution is 5.92. The summed E-state index contributed by atoms with van der Waals surface area (Å²) in [7, 11) is 0. The van der Waals surface area contributed by atoms with E-state index < -0.39 is 0 Å². The van der Waals surface area contributed by atoms with Crippen LogP contribution in [0.1, 0.15) is 36.2 Å². The molecular weight excluding hydrogens is 292 g/mol. The Morgan fingerprint density at radius 1 is 0.957 bits per heavy atom. The Morgan fingerprint density at radius 2 is 1.65 bits per heavy atom. The first-order chi connectivity index (χ1) is 11.2. The Balaban J connectivity index is 1.41. The molecule has 0 radical (unpaired) electrons. The number of H-pyrrole nitrogens is 1. The predicted molar refractivity (Wildman–Crippen MR) is 88.2 cm³/mol. The normalized spacial score (nSPS) is 19.8. The van der Waals surface area contributed by atoms with Gasteiger partial charge < -0.3 is 19.7 Å². The molecule has 0 saturated carbocycles. The molecule has 2 amide bonds. The lowest BCUT2D eigenvalue weighted by Gasteiger charge is -2.35. The van der Waals surface area contributed by atoms with Crippen molar-refractivity contribution in [3.63, 3.8) is 0 Å². The lowest BCUT2D eigenvalue weighted by atomic mass is 10.1. The molecule has 3 rings (SSSR count). The van der Waals surface area contributed by atoms with Gasteiger partial charge in [0, 0.05) is 45.3 Å². The van der Waals surface area contributed by atoms with E-state index in [0.29, 0.717) is 38.3 Å². The van der Waals surface area contributed by atoms with Gasteiger partial charge in [0.2, 0.25) is 5.91 Å². The van der Waals surface area contributed by atoms with E-state index in [1.165, 1.54) is 19.3 Å². The summed E-state index contributed by atoms with van der Waals surface area (Å²) in [5, 5.41) is 0. The first kappa shape index (κ1) is 16.1. The molecule has 0 aliphatic carbocycles. The minimum atomic E-state index is 0.0235. The zero-order valence-electron chi connectivity index (χ0n) is 13.7. The number of piperidine rings is 1. The van der Waals surface area contributed by atoms with Gasteiger partial charge in [-0.2, -0.15) is 0 Å². The smallest absolute Gasteiger partial charge is 0.270 e. The number of nitrogens with zero attached hydrogens (tertiary/aromatic N) is 3. The van der Waals surface area contributed by atoms with E-state index in [1.807, 2.05) is 15.9 Å². The molecule has 3 heterocycles. The summed E-state index contributed by atoms with van der Waals surface area (Å²) < 4.78 is 0. The van der Waals surface area contributed by atoms with Crippen LogP contribution in [0.2, 0.25) is 0 Å². The van der Waals surface area contributed by atoms with Gasteiger partial charge in [-0.3, -0.25) is 9.59 Å². The first-order valence-electron chi connectivity index (χ1n) is 8.67. The number of carbonyl (C=O) groups is 2. The van der Waals surface area contributed by atoms with Crippen LogP contribution in [0.5, 0.6) is 0 Å². The van der Waals surface area contributed by atoms with Gasteiger partial charge in [0.05, 0.1) is 0 Å². The highest BCUT2D eigenvalue weighted by atomic mass is 16.2. The van der Waals surface area contributed by atoms with Crippen LogP contribution in [0, 0.1) is 0 Å². The second kappa shape index (κ2) is 7.64. The van der Waals surface area contributed by atoms with Gasteiger partial charge in [0.15, 0.2) is 0 Å². The van der Waals surface area contributed by atoms with Crippen LogP contribution in [0.25, 0.3) is 0 Å². The number of piperazine rings is 1. The van der Waals surface area contributed by atoms with Crippen molar-refractivity contribution in [1.29, 1.82) is 0 Å². The fourth-order valence-electron chi connectivity index (χ4n) is 3.39. The average molecular weight is 318 g/mol. The van der Waals surface area contributed by atoms with Gasteiger partial charge in [0.25, 0.3) is 5.91 Å². The Labute approximate surface area is 137 Å². The largest absolute Gasteiger partial charge is 0.357 e. The maximum absolute atomic E-state index is 12.3. The molecule has 6 heteroatoms. The van der Waals surface area contributed by atoms with Crippen molar-refractivity contribution in [1.82, 2.24) is 19.7 Å². The molecule has 2 aliphatic heterocycles. The molecule has 2 saturated heterocycles. The number of hydrogen-bond donors (Lipinski definition) is 1. The summed E-state index contributed by atoms with van der Waals surface area (Å²) in [6.45, 7) is 5.66. The zero-order chi connectivity index (χ0) is 16.1. The number of hydrogen-bond acceptors (Lipinski definition) is 3. The van der Waals surface area contributed by atoms with Crippen molar-refractivity contribution < 1.29 is 9.59 Å². The van der Waals surface area contributed by atoms with Gasteiger partial charge in [-0.1, -0.05) is 6.42 Å². The van der Waals surface area contributed by atoms with Crippen molar-refractivity contribution >= 4 is 11.8 Å². The van der Waals surface area contributed by atoms with Gasteiger partial charge in [-0.25, -0.2) is 0 Å². The highest BCUT2D eigenvalue weighted by Gasteiger charge is 2.25. The number of nitrogens with one attached hydrogen (secondary N) is 1. The summed E-state index contributed by atoms with van der Waals surface area (Å²) >= 11 is 0. The van der Waals surface area contributed by atoms with E-state index in [0.717, 1.165) is 19.6 Å². The van der Waals surface area contributed by atoms with Crippen LogP contribution in [-0.2, 0) is 4.79 Å². The van der Waals surface area contributed by atoms with E-state index in [9.17, 15) is 9.59 Å². The van der Waals surface area contributed by atoms with Crippen molar-refractivity contribution in [3.8, 4) is 0 Å². The molecule has 0 bridgehead atoms. The van der Waals surface area contributed by atoms with E-state index in [4.69, 9.17) is 0 Å². The van der Waals surface area contributed by atoms with Crippen molar-refractivity contribution in [2.75, 3.05) is 45.8 Å². The minimum Gasteiger partial charge on any atom is -0.357 e. The Morgan fingerprint density at radius 3 is 2.30 bits per heavy atom. The van der Waals surface area contributed by atoms with E-state index in [-0.39, 0.29) is 11.8 Å². The zero-order valence-corrected chi connectivity index (χ0v) is 13.7. The Kier molecular flexibility index (Phi) is 5.33. The molecule has 6 nitrogen and oxygen atoms in total. The average Bonchev–Trinajstić information content (AvgIpc) is 3.15. The molecule has 0 aromatic carbocycles. The quantitative estimate of drug-likeness (QED) is 0.907. The number of carbonyl (C=O) groups excluding carboxylic acids is 2. The summed E-state index contributed by atoms with van der Waals surface area (Å²) in [6.07, 6.45) is 6.20. The standard InChI is InChI=1S/C17H26N4O2/c22-16(6-10-19-8-2-1-3-9-19)20-11-13-21(14-12-20)17(23)15-5-4-7-18-15/h4-5,7,18H,1-3,6,8-14H2. The molecule has 0 atom stereocenters. The maximum atomic E-state index is 12.3. The first-order valence-corrected chi connectivity index (χ1v) is 8.67. The summed E-state index contributed by atoms with van der Waals surface area (Å²) in [6, 6.07) is 3.62. The number of likely N-dealkylation sites (tertiary alicyclic amines) is 1. The van der Waals surface area contributed by atoms with Crippen molar-refractivity contribution in [2.45, 2.75) is 25.7 Å². The summed E-state index contributed by atoms with van der Waals surface area (Å²) in [5.41, 5.74) is 0.620. The number of aromatic amines is 1. The third kappa shape index (κ3) is 4.13. The third-order valence-electron chi connectivity index (χ3n) is 4.84. The number of aromatic nitrogens is 1. The van der Waals surface area contributed by atoms with Crippen LogP contribution >= 0.6 is 0 Å². The minimum absolute atomic E-state index is 0.0235. The molecule has 23 heavy (non-hydrogen) atoms. The van der Waals surface area contributed by atoms with Crippen LogP contribution in [0.4, 0.5) is 0 Å².